The van der Waals surface area contributed by atoms with Gasteiger partial charge in [-0.15, -0.1) is 12.4 Å². The van der Waals surface area contributed by atoms with E-state index < -0.39 is 12.0 Å². The molecule has 0 saturated carbocycles. The number of carbonyl (C=O) groups is 1. The largest absolute Gasteiger partial charge is 0.506 e. The van der Waals surface area contributed by atoms with E-state index in [0.29, 0.717) is 15.1 Å². The van der Waals surface area contributed by atoms with Crippen molar-refractivity contribution in [2.75, 3.05) is 7.11 Å². The van der Waals surface area contributed by atoms with Crippen LogP contribution in [0.1, 0.15) is 18.0 Å². The average Bonchev–Trinajstić information content (AvgIpc) is 2.25. The lowest BCUT2D eigenvalue weighted by atomic mass is 10.0. The molecule has 0 aliphatic rings. The molecule has 96 valence electrons. The van der Waals surface area contributed by atoms with Crippen LogP contribution in [0.25, 0.3) is 0 Å². The van der Waals surface area contributed by atoms with Gasteiger partial charge in [0.2, 0.25) is 0 Å². The van der Waals surface area contributed by atoms with Gasteiger partial charge in [-0.05, 0) is 22.0 Å². The fourth-order valence-electron chi connectivity index (χ4n) is 1.23. The van der Waals surface area contributed by atoms with E-state index in [1.165, 1.54) is 7.11 Å². The third kappa shape index (κ3) is 4.03. The quantitative estimate of drug-likeness (QED) is 0.827. The predicted octanol–water partition coefficient (Wildman–Crippen LogP) is 2.79. The predicted molar refractivity (Wildman–Crippen MR) is 71.6 cm³/mol. The van der Waals surface area contributed by atoms with E-state index in [1.54, 1.807) is 12.1 Å². The summed E-state index contributed by atoms with van der Waals surface area (Å²) < 4.78 is 4.87. The number of esters is 1. The molecule has 0 amide bonds. The van der Waals surface area contributed by atoms with Crippen LogP contribution in [0.5, 0.6) is 5.75 Å². The second kappa shape index (κ2) is 7.06. The van der Waals surface area contributed by atoms with E-state index in [4.69, 9.17) is 17.3 Å². The number of nitrogens with two attached hydrogens (primary N) is 1. The van der Waals surface area contributed by atoms with Gasteiger partial charge in [-0.25, -0.2) is 0 Å². The highest BCUT2D eigenvalue weighted by Gasteiger charge is 2.18. The summed E-state index contributed by atoms with van der Waals surface area (Å²) in [4.78, 5) is 11.0. The molecule has 0 aromatic heterocycles. The molecule has 0 aliphatic heterocycles. The summed E-state index contributed by atoms with van der Waals surface area (Å²) in [6, 6.07) is 2.55. The minimum atomic E-state index is -0.624. The van der Waals surface area contributed by atoms with E-state index in [1.807, 2.05) is 0 Å². The van der Waals surface area contributed by atoms with Crippen molar-refractivity contribution in [3.63, 3.8) is 0 Å². The highest BCUT2D eigenvalue weighted by atomic mass is 79.9. The molecule has 0 bridgehead atoms. The molecular formula is C10H12BrCl2NO3. The van der Waals surface area contributed by atoms with Crippen LogP contribution in [0.2, 0.25) is 5.02 Å². The summed E-state index contributed by atoms with van der Waals surface area (Å²) in [6.45, 7) is 0. The molecule has 0 spiro atoms. The number of rotatable bonds is 3. The van der Waals surface area contributed by atoms with Gasteiger partial charge in [0.15, 0.2) is 0 Å². The molecule has 0 aliphatic carbocycles. The van der Waals surface area contributed by atoms with Gasteiger partial charge in [0.05, 0.1) is 23.0 Å². The van der Waals surface area contributed by atoms with Crippen LogP contribution in [-0.2, 0) is 9.53 Å². The zero-order chi connectivity index (χ0) is 12.3. The van der Waals surface area contributed by atoms with Crippen molar-refractivity contribution in [3.05, 3.63) is 27.2 Å². The monoisotopic (exact) mass is 343 g/mol. The highest BCUT2D eigenvalue weighted by Crippen LogP contribution is 2.37. The molecule has 0 unspecified atom stereocenters. The third-order valence-corrected chi connectivity index (χ3v) is 3.46. The lowest BCUT2D eigenvalue weighted by Gasteiger charge is -2.13. The van der Waals surface area contributed by atoms with E-state index in [9.17, 15) is 9.90 Å². The summed E-state index contributed by atoms with van der Waals surface area (Å²) in [5.41, 5.74) is 6.21. The fourth-order valence-corrected chi connectivity index (χ4v) is 1.74. The van der Waals surface area contributed by atoms with Crippen LogP contribution < -0.4 is 5.73 Å². The summed E-state index contributed by atoms with van der Waals surface area (Å²) in [7, 11) is 1.28. The summed E-state index contributed by atoms with van der Waals surface area (Å²) in [6.07, 6.45) is -0.00185. The number of carbonyl (C=O) groups excluding carboxylic acids is 1. The van der Waals surface area contributed by atoms with Crippen LogP contribution in [-0.4, -0.2) is 18.2 Å². The van der Waals surface area contributed by atoms with Gasteiger partial charge < -0.3 is 15.6 Å². The maximum atomic E-state index is 11.0. The zero-order valence-corrected chi connectivity index (χ0v) is 12.1. The van der Waals surface area contributed by atoms with Crippen LogP contribution in [0.15, 0.2) is 16.6 Å². The highest BCUT2D eigenvalue weighted by molar-refractivity contribution is 9.10. The number of benzene rings is 1. The van der Waals surface area contributed by atoms with Gasteiger partial charge in [-0.3, -0.25) is 4.79 Å². The Balaban J connectivity index is 0.00000256. The Hall–Kier alpha value is -0.490. The van der Waals surface area contributed by atoms with E-state index in [2.05, 4.69) is 20.7 Å². The molecule has 0 fully saturated rings. The lowest BCUT2D eigenvalue weighted by molar-refractivity contribution is -0.141. The van der Waals surface area contributed by atoms with Crippen molar-refractivity contribution >= 4 is 45.9 Å². The molecule has 17 heavy (non-hydrogen) atoms. The number of phenols is 1. The number of phenolic OH excluding ortho intramolecular Hbond substituents is 1. The maximum absolute atomic E-state index is 11.0. The first-order valence-electron chi connectivity index (χ1n) is 4.46. The maximum Gasteiger partial charge on any atom is 0.307 e. The van der Waals surface area contributed by atoms with Crippen LogP contribution in [0.3, 0.4) is 0 Å². The Morgan fingerprint density at radius 2 is 2.24 bits per heavy atom. The van der Waals surface area contributed by atoms with Gasteiger partial charge in [-0.2, -0.15) is 0 Å². The first-order valence-corrected chi connectivity index (χ1v) is 5.63. The minimum Gasteiger partial charge on any atom is -0.506 e. The summed E-state index contributed by atoms with van der Waals surface area (Å²) in [5, 5.41) is 10.2. The molecule has 0 heterocycles. The molecule has 1 atom stereocenters. The minimum absolute atomic E-state index is 0. The normalized spacial score (nSPS) is 11.5. The smallest absolute Gasteiger partial charge is 0.307 e. The second-order valence-electron chi connectivity index (χ2n) is 3.19. The number of ether oxygens (including phenoxy) is 1. The number of methoxy groups -OCH3 is 1. The first-order chi connectivity index (χ1) is 7.47. The molecular weight excluding hydrogens is 333 g/mol. The van der Waals surface area contributed by atoms with Crippen molar-refractivity contribution in [2.24, 2.45) is 5.73 Å². The van der Waals surface area contributed by atoms with Crippen molar-refractivity contribution in [1.29, 1.82) is 0 Å². The molecule has 1 aromatic carbocycles. The van der Waals surface area contributed by atoms with Crippen molar-refractivity contribution in [1.82, 2.24) is 0 Å². The topological polar surface area (TPSA) is 72.5 Å². The van der Waals surface area contributed by atoms with Crippen molar-refractivity contribution in [3.8, 4) is 5.75 Å². The van der Waals surface area contributed by atoms with Crippen LogP contribution in [0.4, 0.5) is 0 Å². The lowest BCUT2D eigenvalue weighted by Crippen LogP contribution is -2.16. The zero-order valence-electron chi connectivity index (χ0n) is 8.94. The van der Waals surface area contributed by atoms with E-state index >= 15 is 0 Å². The standard InChI is InChI=1S/C10H11BrClNO3.ClH/c1-16-8(14)4-7(13)5-2-3-6(12)9(11)10(5)15;/h2-3,7,15H,4,13H2,1H3;1H/t7-;/m1./s1. The van der Waals surface area contributed by atoms with Crippen LogP contribution in [0, 0.1) is 0 Å². The summed E-state index contributed by atoms with van der Waals surface area (Å²) in [5.74, 6) is -0.484. The third-order valence-electron chi connectivity index (χ3n) is 2.11. The molecule has 0 radical (unpaired) electrons. The number of halogens is 3. The van der Waals surface area contributed by atoms with Gasteiger partial charge >= 0.3 is 5.97 Å². The Morgan fingerprint density at radius 3 is 2.76 bits per heavy atom. The van der Waals surface area contributed by atoms with Gasteiger partial charge in [0.1, 0.15) is 5.75 Å². The van der Waals surface area contributed by atoms with Crippen LogP contribution >= 0.6 is 39.9 Å². The Morgan fingerprint density at radius 1 is 1.65 bits per heavy atom. The van der Waals surface area contributed by atoms with Gasteiger partial charge in [0.25, 0.3) is 0 Å². The first kappa shape index (κ1) is 16.5. The fraction of sp³-hybridized carbons (Fsp3) is 0.300. The number of hydrogen-bond donors (Lipinski definition) is 2. The van der Waals surface area contributed by atoms with E-state index in [-0.39, 0.29) is 24.6 Å². The molecule has 3 N–H and O–H groups in total. The van der Waals surface area contributed by atoms with Gasteiger partial charge in [-0.1, -0.05) is 17.7 Å². The molecule has 1 rings (SSSR count). The van der Waals surface area contributed by atoms with E-state index in [0.717, 1.165) is 0 Å². The van der Waals surface area contributed by atoms with Gasteiger partial charge in [0, 0.05) is 11.6 Å². The van der Waals surface area contributed by atoms with Crippen molar-refractivity contribution < 1.29 is 14.6 Å². The number of hydrogen-bond acceptors (Lipinski definition) is 4. The molecule has 7 heteroatoms. The summed E-state index contributed by atoms with van der Waals surface area (Å²) >= 11 is 8.91. The second-order valence-corrected chi connectivity index (χ2v) is 4.39. The average molecular weight is 345 g/mol. The molecule has 0 saturated heterocycles. The SMILES string of the molecule is COC(=O)C[C@@H](N)c1ccc(Cl)c(Br)c1O.Cl. The molecule has 4 nitrogen and oxygen atoms in total. The Labute approximate surface area is 119 Å². The Bertz CT molecular complexity index is 415. The van der Waals surface area contributed by atoms with Crippen molar-refractivity contribution in [2.45, 2.75) is 12.5 Å². The Kier molecular flexibility index (Phi) is 6.85. The number of aromatic hydroxyl groups is 1. The molecule has 1 aromatic rings.